The Morgan fingerprint density at radius 3 is 2.79 bits per heavy atom. The van der Waals surface area contributed by atoms with E-state index in [1.807, 2.05) is 6.07 Å². The molecule has 3 aromatic rings. The minimum Gasteiger partial charge on any atom is -0.497 e. The zero-order valence-electron chi connectivity index (χ0n) is 17.5. The Morgan fingerprint density at radius 2 is 2.04 bits per heavy atom. The number of aromatic nitrogens is 1. The van der Waals surface area contributed by atoms with Gasteiger partial charge >= 0.3 is 0 Å². The molecule has 2 heterocycles. The Kier molecular flexibility index (Phi) is 4.94. The van der Waals surface area contributed by atoms with Gasteiger partial charge in [0.15, 0.2) is 0 Å². The Labute approximate surface area is 167 Å². The van der Waals surface area contributed by atoms with E-state index in [0.29, 0.717) is 0 Å². The first-order valence-electron chi connectivity index (χ1n) is 9.94. The maximum atomic E-state index is 5.48. The highest BCUT2D eigenvalue weighted by molar-refractivity contribution is 6.12. The molecule has 148 valence electrons. The molecule has 1 aliphatic heterocycles. The van der Waals surface area contributed by atoms with Gasteiger partial charge in [-0.2, -0.15) is 0 Å². The molecule has 5 heteroatoms. The van der Waals surface area contributed by atoms with Gasteiger partial charge in [-0.05, 0) is 69.9 Å². The number of aryl methyl sites for hydroxylation is 2. The van der Waals surface area contributed by atoms with Crippen molar-refractivity contribution in [3.63, 3.8) is 0 Å². The molecule has 2 N–H and O–H groups in total. The number of anilines is 1. The van der Waals surface area contributed by atoms with Crippen LogP contribution in [-0.4, -0.2) is 50.3 Å². The Bertz CT molecular complexity index is 1060. The third-order valence-electron chi connectivity index (χ3n) is 5.71. The number of fused-ring (bicyclic) bond motifs is 4. The maximum absolute atomic E-state index is 5.48. The lowest BCUT2D eigenvalue weighted by Gasteiger charge is -2.24. The normalized spacial score (nSPS) is 13.6. The Morgan fingerprint density at radius 1 is 1.21 bits per heavy atom. The van der Waals surface area contributed by atoms with Crippen molar-refractivity contribution in [2.45, 2.75) is 13.3 Å². The fourth-order valence-electron chi connectivity index (χ4n) is 4.31. The highest BCUT2D eigenvalue weighted by Gasteiger charge is 2.20. The van der Waals surface area contributed by atoms with Crippen LogP contribution in [0.1, 0.15) is 17.5 Å². The van der Waals surface area contributed by atoms with Crippen LogP contribution in [0, 0.1) is 6.92 Å². The topological polar surface area (TPSA) is 41.5 Å². The minimum atomic E-state index is 0.854. The van der Waals surface area contributed by atoms with Crippen molar-refractivity contribution in [2.24, 2.45) is 7.05 Å². The highest BCUT2D eigenvalue weighted by Crippen LogP contribution is 2.40. The molecule has 0 fully saturated rings. The highest BCUT2D eigenvalue weighted by atomic mass is 16.5. The van der Waals surface area contributed by atoms with Gasteiger partial charge in [0.2, 0.25) is 0 Å². The summed E-state index contributed by atoms with van der Waals surface area (Å²) in [5, 5.41) is 9.77. The number of benzene rings is 2. The van der Waals surface area contributed by atoms with Gasteiger partial charge in [-0.15, -0.1) is 0 Å². The predicted octanol–water partition coefficient (Wildman–Crippen LogP) is 3.96. The first kappa shape index (κ1) is 18.7. The van der Waals surface area contributed by atoms with Gasteiger partial charge in [0.25, 0.3) is 0 Å². The summed E-state index contributed by atoms with van der Waals surface area (Å²) >= 11 is 0. The lowest BCUT2D eigenvalue weighted by atomic mass is 9.97. The van der Waals surface area contributed by atoms with Gasteiger partial charge in [-0.3, -0.25) is 0 Å². The minimum absolute atomic E-state index is 0.854. The van der Waals surface area contributed by atoms with Crippen LogP contribution in [0.4, 0.5) is 5.69 Å². The number of rotatable bonds is 6. The summed E-state index contributed by atoms with van der Waals surface area (Å²) in [5.41, 5.74) is 7.54. The number of nitrogens with zero attached hydrogens (tertiary/aromatic N) is 2. The smallest absolute Gasteiger partial charge is 0.119 e. The average Bonchev–Trinajstić information content (AvgIpc) is 2.97. The molecule has 0 atom stereocenters. The molecule has 0 aliphatic carbocycles. The first-order chi connectivity index (χ1) is 13.5. The van der Waals surface area contributed by atoms with E-state index in [2.05, 4.69) is 72.4 Å². The molecule has 0 unspecified atom stereocenters. The lowest BCUT2D eigenvalue weighted by Crippen LogP contribution is -2.23. The summed E-state index contributed by atoms with van der Waals surface area (Å²) in [7, 11) is 8.11. The number of methoxy groups -OCH3 is 1. The van der Waals surface area contributed by atoms with E-state index in [0.717, 1.165) is 31.8 Å². The second-order valence-electron chi connectivity index (χ2n) is 7.84. The van der Waals surface area contributed by atoms with E-state index in [1.54, 1.807) is 7.11 Å². The van der Waals surface area contributed by atoms with Crippen LogP contribution < -0.4 is 15.4 Å². The van der Waals surface area contributed by atoms with Crippen LogP contribution in [0.25, 0.3) is 27.5 Å². The molecule has 1 aliphatic rings. The average molecular weight is 379 g/mol. The fourth-order valence-corrected chi connectivity index (χ4v) is 4.31. The van der Waals surface area contributed by atoms with Crippen molar-refractivity contribution in [1.82, 2.24) is 14.8 Å². The summed E-state index contributed by atoms with van der Waals surface area (Å²) < 4.78 is 7.78. The zero-order chi connectivity index (χ0) is 19.8. The third kappa shape index (κ3) is 3.10. The molecule has 28 heavy (non-hydrogen) atoms. The van der Waals surface area contributed by atoms with Crippen LogP contribution in [0.15, 0.2) is 30.3 Å². The van der Waals surface area contributed by atoms with Crippen molar-refractivity contribution in [3.05, 3.63) is 41.5 Å². The van der Waals surface area contributed by atoms with Gasteiger partial charge in [-0.25, -0.2) is 0 Å². The van der Waals surface area contributed by atoms with Crippen LogP contribution >= 0.6 is 0 Å². The van der Waals surface area contributed by atoms with Crippen molar-refractivity contribution in [1.29, 1.82) is 0 Å². The largest absolute Gasteiger partial charge is 0.497 e. The molecule has 0 radical (unpaired) electrons. The van der Waals surface area contributed by atoms with Gasteiger partial charge in [0.05, 0.1) is 12.6 Å². The summed E-state index contributed by atoms with van der Waals surface area (Å²) in [5.74, 6) is 0.895. The second kappa shape index (κ2) is 7.40. The summed E-state index contributed by atoms with van der Waals surface area (Å²) in [4.78, 5) is 2.23. The molecule has 5 nitrogen and oxygen atoms in total. The van der Waals surface area contributed by atoms with Gasteiger partial charge in [0.1, 0.15) is 5.75 Å². The summed E-state index contributed by atoms with van der Waals surface area (Å²) in [6, 6.07) is 8.66. The summed E-state index contributed by atoms with van der Waals surface area (Å²) in [6.45, 7) is 5.14. The van der Waals surface area contributed by atoms with E-state index in [-0.39, 0.29) is 0 Å². The van der Waals surface area contributed by atoms with Crippen LogP contribution in [-0.2, 0) is 7.05 Å². The van der Waals surface area contributed by atoms with Crippen molar-refractivity contribution < 1.29 is 4.74 Å². The van der Waals surface area contributed by atoms with E-state index >= 15 is 0 Å². The summed E-state index contributed by atoms with van der Waals surface area (Å²) in [6.07, 6.45) is 3.38. The van der Waals surface area contributed by atoms with Crippen LogP contribution in [0.3, 0.4) is 0 Å². The fraction of sp³-hybridized carbons (Fsp3) is 0.391. The molecule has 1 aromatic heterocycles. The number of hydrogen-bond acceptors (Lipinski definition) is 4. The molecule has 0 amide bonds. The van der Waals surface area contributed by atoms with E-state index in [4.69, 9.17) is 4.74 Å². The van der Waals surface area contributed by atoms with Crippen molar-refractivity contribution in [2.75, 3.05) is 46.2 Å². The molecular weight excluding hydrogens is 348 g/mol. The molecule has 2 aromatic carbocycles. The molecular formula is C23H30N4O. The SMILES string of the molecule is COc1ccc2c(c1)c1cc3c(c(C)c1n2C)NCC=C3NCCCN(C)C. The molecule has 0 saturated heterocycles. The third-order valence-corrected chi connectivity index (χ3v) is 5.71. The van der Waals surface area contributed by atoms with Gasteiger partial charge in [0, 0.05) is 53.4 Å². The second-order valence-corrected chi connectivity index (χ2v) is 7.84. The van der Waals surface area contributed by atoms with Crippen molar-refractivity contribution >= 4 is 33.2 Å². The van der Waals surface area contributed by atoms with E-state index in [9.17, 15) is 0 Å². The standard InChI is InChI=1S/C23H30N4O/c1-15-22-19(20(9-11-25-22)24-10-6-12-26(2)3)14-18-17-13-16(28-5)7-8-21(17)27(4)23(15)18/h7-9,13-14,24-25H,6,10-12H2,1-5H3. The van der Waals surface area contributed by atoms with E-state index < -0.39 is 0 Å². The maximum Gasteiger partial charge on any atom is 0.119 e. The molecule has 4 rings (SSSR count). The molecule has 0 bridgehead atoms. The molecule has 0 spiro atoms. The quantitative estimate of drug-likeness (QED) is 0.637. The Hall–Kier alpha value is -2.66. The monoisotopic (exact) mass is 378 g/mol. The lowest BCUT2D eigenvalue weighted by molar-refractivity contribution is 0.399. The first-order valence-corrected chi connectivity index (χ1v) is 9.94. The van der Waals surface area contributed by atoms with Gasteiger partial charge < -0.3 is 24.8 Å². The van der Waals surface area contributed by atoms with Crippen molar-refractivity contribution in [3.8, 4) is 5.75 Å². The Balaban J connectivity index is 1.80. The number of nitrogens with one attached hydrogen (secondary N) is 2. The number of hydrogen-bond donors (Lipinski definition) is 2. The van der Waals surface area contributed by atoms with Crippen LogP contribution in [0.2, 0.25) is 0 Å². The predicted molar refractivity (Wildman–Crippen MR) is 119 cm³/mol. The van der Waals surface area contributed by atoms with Gasteiger partial charge in [-0.1, -0.05) is 0 Å². The van der Waals surface area contributed by atoms with E-state index in [1.165, 1.54) is 44.3 Å². The number of ether oxygens (including phenoxy) is 1. The zero-order valence-corrected chi connectivity index (χ0v) is 17.5. The molecule has 0 saturated carbocycles. The van der Waals surface area contributed by atoms with Crippen LogP contribution in [0.5, 0.6) is 5.75 Å².